The normalized spacial score (nSPS) is 24.7. The van der Waals surface area contributed by atoms with Crippen molar-refractivity contribution in [3.63, 3.8) is 0 Å². The summed E-state index contributed by atoms with van der Waals surface area (Å²) in [6.07, 6.45) is -0.420. The molecule has 1 aliphatic heterocycles. The lowest BCUT2D eigenvalue weighted by molar-refractivity contribution is -0.146. The molecule has 1 saturated carbocycles. The van der Waals surface area contributed by atoms with Gasteiger partial charge in [0.2, 0.25) is 5.91 Å². The smallest absolute Gasteiger partial charge is 0.337 e. The summed E-state index contributed by atoms with van der Waals surface area (Å²) in [5.41, 5.74) is 0.173. The molecule has 2 atom stereocenters. The van der Waals surface area contributed by atoms with Crippen LogP contribution in [-0.4, -0.2) is 46.9 Å². The molecule has 3 rings (SSSR count). The van der Waals surface area contributed by atoms with Gasteiger partial charge in [-0.25, -0.2) is 0 Å². The molecule has 1 aliphatic carbocycles. The van der Waals surface area contributed by atoms with Gasteiger partial charge in [0.15, 0.2) is 0 Å². The van der Waals surface area contributed by atoms with Crippen molar-refractivity contribution in [2.24, 2.45) is 16.7 Å². The van der Waals surface area contributed by atoms with E-state index in [1.807, 2.05) is 0 Å². The lowest BCUT2D eigenvalue weighted by Gasteiger charge is -2.40. The van der Waals surface area contributed by atoms with Gasteiger partial charge in [-0.15, -0.1) is 0 Å². The topological polar surface area (TPSA) is 36.4 Å². The van der Waals surface area contributed by atoms with Crippen molar-refractivity contribution < 1.29 is 18.0 Å². The van der Waals surface area contributed by atoms with Crippen molar-refractivity contribution in [3.8, 4) is 0 Å². The quantitative estimate of drug-likeness (QED) is 0.650. The van der Waals surface area contributed by atoms with Crippen LogP contribution < -0.4 is 0 Å². The highest BCUT2D eigenvalue weighted by Gasteiger charge is 2.50. The summed E-state index contributed by atoms with van der Waals surface area (Å²) in [6, 6.07) is 1.51. The second-order valence-corrected chi connectivity index (χ2v) is 11.0. The van der Waals surface area contributed by atoms with Crippen molar-refractivity contribution in [2.45, 2.75) is 79.1 Å². The molecule has 0 bridgehead atoms. The Morgan fingerprint density at radius 3 is 2.58 bits per heavy atom. The molecule has 0 saturated heterocycles. The van der Waals surface area contributed by atoms with Crippen LogP contribution in [0.15, 0.2) is 12.3 Å². The van der Waals surface area contributed by atoms with Gasteiger partial charge in [-0.1, -0.05) is 34.6 Å². The van der Waals surface area contributed by atoms with E-state index in [2.05, 4.69) is 51.6 Å². The Hall–Kier alpha value is -1.63. The summed E-state index contributed by atoms with van der Waals surface area (Å²) in [5, 5.41) is 0. The van der Waals surface area contributed by atoms with E-state index in [1.165, 1.54) is 6.07 Å². The second-order valence-electron chi connectivity index (χ2n) is 11.0. The first-order valence-corrected chi connectivity index (χ1v) is 11.3. The molecule has 2 aliphatic rings. The van der Waals surface area contributed by atoms with E-state index < -0.39 is 17.2 Å². The summed E-state index contributed by atoms with van der Waals surface area (Å²) in [7, 11) is 2.14. The summed E-state index contributed by atoms with van der Waals surface area (Å²) < 4.78 is 39.4. The highest BCUT2D eigenvalue weighted by molar-refractivity contribution is 5.83. The number of alkyl halides is 3. The highest BCUT2D eigenvalue weighted by atomic mass is 19.4. The van der Waals surface area contributed by atoms with Crippen LogP contribution in [-0.2, 0) is 23.9 Å². The first kappa shape index (κ1) is 24.0. The molecule has 1 amide bonds. The number of halogens is 3. The number of aromatic nitrogens is 1. The summed E-state index contributed by atoms with van der Waals surface area (Å²) >= 11 is 0. The Balaban J connectivity index is 1.79. The van der Waals surface area contributed by atoms with Gasteiger partial charge in [0.1, 0.15) is 0 Å². The molecule has 0 unspecified atom stereocenters. The van der Waals surface area contributed by atoms with Crippen LogP contribution in [0.2, 0.25) is 0 Å². The monoisotopic (exact) mass is 439 g/mol. The van der Waals surface area contributed by atoms with E-state index in [-0.39, 0.29) is 23.8 Å². The zero-order chi connectivity index (χ0) is 23.2. The van der Waals surface area contributed by atoms with Crippen LogP contribution in [0.3, 0.4) is 0 Å². The lowest BCUT2D eigenvalue weighted by atomic mass is 9.73. The fourth-order valence-electron chi connectivity index (χ4n) is 5.34. The number of pyridine rings is 1. The van der Waals surface area contributed by atoms with Gasteiger partial charge in [-0.3, -0.25) is 9.78 Å². The molecule has 174 valence electrons. The van der Waals surface area contributed by atoms with E-state index >= 15 is 0 Å². The number of amides is 1. The van der Waals surface area contributed by atoms with Gasteiger partial charge in [0.25, 0.3) is 0 Å². The molecule has 0 radical (unpaired) electrons. The molecule has 7 heteroatoms. The fraction of sp³-hybridized carbons (Fsp3) is 0.750. The van der Waals surface area contributed by atoms with Gasteiger partial charge in [0, 0.05) is 44.0 Å². The third-order valence-corrected chi connectivity index (χ3v) is 7.06. The van der Waals surface area contributed by atoms with Gasteiger partial charge in [0.05, 0.1) is 11.0 Å². The maximum absolute atomic E-state index is 13.8. The van der Waals surface area contributed by atoms with Gasteiger partial charge >= 0.3 is 6.18 Å². The molecule has 4 nitrogen and oxygen atoms in total. The van der Waals surface area contributed by atoms with E-state index in [0.29, 0.717) is 30.3 Å². The van der Waals surface area contributed by atoms with Crippen molar-refractivity contribution in [1.29, 1.82) is 0 Å². The van der Waals surface area contributed by atoms with Crippen LogP contribution >= 0.6 is 0 Å². The fourth-order valence-corrected chi connectivity index (χ4v) is 5.34. The molecule has 0 N–H and O–H groups in total. The van der Waals surface area contributed by atoms with Crippen LogP contribution in [0, 0.1) is 16.7 Å². The number of rotatable bonds is 4. The standard InChI is InChI=1S/C24H36F3N3O/c1-16(2)23(9-7-19(12-23)29(6)15-22(3,4)5)21(31)30-10-8-20-17(14-30)11-18(13-28-20)24(25,26)27/h11,13,16,19H,7-10,12,14-15H2,1-6H3/t19-,23+/m1/s1. The third kappa shape index (κ3) is 5.07. The Labute approximate surface area is 184 Å². The average molecular weight is 440 g/mol. The molecule has 0 spiro atoms. The van der Waals surface area contributed by atoms with Gasteiger partial charge < -0.3 is 9.80 Å². The number of carbonyl (C=O) groups is 1. The van der Waals surface area contributed by atoms with Gasteiger partial charge in [-0.05, 0) is 49.3 Å². The average Bonchev–Trinajstić information content (AvgIpc) is 3.11. The molecule has 2 heterocycles. The summed E-state index contributed by atoms with van der Waals surface area (Å²) in [5.74, 6) is 0.270. The van der Waals surface area contributed by atoms with Crippen LogP contribution in [0.1, 0.15) is 70.7 Å². The van der Waals surface area contributed by atoms with Crippen molar-refractivity contribution in [1.82, 2.24) is 14.8 Å². The molecular weight excluding hydrogens is 403 g/mol. The molecule has 1 aromatic heterocycles. The number of nitrogens with zero attached hydrogens (tertiary/aromatic N) is 3. The third-order valence-electron chi connectivity index (χ3n) is 7.06. The van der Waals surface area contributed by atoms with E-state index in [0.717, 1.165) is 32.0 Å². The SMILES string of the molecule is CC(C)[C@]1(C(=O)N2CCc3ncc(C(F)(F)F)cc3C2)CC[C@@H](N(C)CC(C)(C)C)C1. The minimum Gasteiger partial charge on any atom is -0.337 e. The van der Waals surface area contributed by atoms with Crippen LogP contribution in [0.4, 0.5) is 13.2 Å². The largest absolute Gasteiger partial charge is 0.417 e. The van der Waals surface area contributed by atoms with Crippen LogP contribution in [0.5, 0.6) is 0 Å². The summed E-state index contributed by atoms with van der Waals surface area (Å²) in [4.78, 5) is 22.0. The second kappa shape index (κ2) is 8.38. The van der Waals surface area contributed by atoms with E-state index in [1.54, 1.807) is 4.90 Å². The zero-order valence-electron chi connectivity index (χ0n) is 19.6. The van der Waals surface area contributed by atoms with Crippen LogP contribution in [0.25, 0.3) is 0 Å². The maximum atomic E-state index is 13.8. The minimum atomic E-state index is -4.43. The molecule has 31 heavy (non-hydrogen) atoms. The van der Waals surface area contributed by atoms with Crippen molar-refractivity contribution in [2.75, 3.05) is 20.1 Å². The highest BCUT2D eigenvalue weighted by Crippen LogP contribution is 2.48. The Bertz CT molecular complexity index is 815. The van der Waals surface area contributed by atoms with Crippen molar-refractivity contribution >= 4 is 5.91 Å². The Morgan fingerprint density at radius 1 is 1.32 bits per heavy atom. The minimum absolute atomic E-state index is 0.0946. The van der Waals surface area contributed by atoms with Crippen molar-refractivity contribution in [3.05, 3.63) is 29.1 Å². The van der Waals surface area contributed by atoms with Gasteiger partial charge in [-0.2, -0.15) is 13.2 Å². The molecule has 1 aromatic rings. The zero-order valence-corrected chi connectivity index (χ0v) is 19.6. The molecular formula is C24H36F3N3O. The predicted molar refractivity (Wildman–Crippen MR) is 115 cm³/mol. The van der Waals surface area contributed by atoms with E-state index in [9.17, 15) is 18.0 Å². The first-order chi connectivity index (χ1) is 14.2. The lowest BCUT2D eigenvalue weighted by Crippen LogP contribution is -2.48. The summed E-state index contributed by atoms with van der Waals surface area (Å²) in [6.45, 7) is 12.5. The number of carbonyl (C=O) groups excluding carboxylic acids is 1. The van der Waals surface area contributed by atoms with E-state index in [4.69, 9.17) is 0 Å². The number of hydrogen-bond donors (Lipinski definition) is 0. The molecule has 0 aromatic carbocycles. The number of hydrogen-bond acceptors (Lipinski definition) is 3. The molecule has 1 fully saturated rings. The Kier molecular flexibility index (Phi) is 6.49. The Morgan fingerprint density at radius 2 is 2.00 bits per heavy atom. The maximum Gasteiger partial charge on any atom is 0.417 e. The predicted octanol–water partition coefficient (Wildman–Crippen LogP) is 5.16. The number of fused-ring (bicyclic) bond motifs is 1. The first-order valence-electron chi connectivity index (χ1n) is 11.3.